The van der Waals surface area contributed by atoms with Gasteiger partial charge in [-0.15, -0.1) is 0 Å². The second-order valence-electron chi connectivity index (χ2n) is 13.6. The summed E-state index contributed by atoms with van der Waals surface area (Å²) in [5, 5.41) is 6.65. The molecule has 5 heteroatoms. The molecule has 0 saturated heterocycles. The highest BCUT2D eigenvalue weighted by Crippen LogP contribution is 2.41. The van der Waals surface area contributed by atoms with Crippen molar-refractivity contribution in [3.8, 4) is 56.4 Å². The summed E-state index contributed by atoms with van der Waals surface area (Å²) in [4.78, 5) is 14.9. The Bertz CT molecular complexity index is 3200. The van der Waals surface area contributed by atoms with Crippen LogP contribution in [0.1, 0.15) is 0 Å². The molecular formula is C49H29N3O2. The molecule has 0 N–H and O–H groups in total. The largest absolute Gasteiger partial charge is 0.456 e. The molecule has 0 radical (unpaired) electrons. The third-order valence-electron chi connectivity index (χ3n) is 10.3. The summed E-state index contributed by atoms with van der Waals surface area (Å²) in [6.07, 6.45) is 0. The molecule has 0 aliphatic rings. The summed E-state index contributed by atoms with van der Waals surface area (Å²) < 4.78 is 12.8. The third kappa shape index (κ3) is 4.98. The van der Waals surface area contributed by atoms with Crippen molar-refractivity contribution in [3.63, 3.8) is 0 Å². The first-order valence-electron chi connectivity index (χ1n) is 18.0. The lowest BCUT2D eigenvalue weighted by Gasteiger charge is -2.09. The minimum Gasteiger partial charge on any atom is -0.456 e. The van der Waals surface area contributed by atoms with Crippen LogP contribution in [0.3, 0.4) is 0 Å². The van der Waals surface area contributed by atoms with Crippen LogP contribution < -0.4 is 0 Å². The standard InChI is InChI=1S/C49H29N3O2/c1-3-11-31(12-4-1)41-29-42-39-25-23-34(27-45(39)54-46(42)40-17-8-7-15-36(40)41)30-19-21-33(22-20-30)48-50-47(32-13-5-2-6-14-32)51-49(52-48)35-24-26-38-37-16-9-10-18-43(37)53-44(38)28-35/h1-29H. The number of para-hydroxylation sites is 1. The fraction of sp³-hybridized carbons (Fsp3) is 0. The average molecular weight is 692 g/mol. The van der Waals surface area contributed by atoms with Gasteiger partial charge in [0.15, 0.2) is 17.5 Å². The van der Waals surface area contributed by atoms with E-state index in [1.165, 1.54) is 16.5 Å². The second-order valence-corrected chi connectivity index (χ2v) is 13.6. The van der Waals surface area contributed by atoms with Gasteiger partial charge in [0, 0.05) is 43.6 Å². The van der Waals surface area contributed by atoms with Crippen LogP contribution in [0.2, 0.25) is 0 Å². The Morgan fingerprint density at radius 3 is 1.50 bits per heavy atom. The highest BCUT2D eigenvalue weighted by molar-refractivity contribution is 6.19. The number of furan rings is 2. The van der Waals surface area contributed by atoms with Crippen LogP contribution in [0.4, 0.5) is 0 Å². The number of benzene rings is 8. The Morgan fingerprint density at radius 2 is 0.759 bits per heavy atom. The molecule has 0 amide bonds. The van der Waals surface area contributed by atoms with Crippen LogP contribution in [0.5, 0.6) is 0 Å². The van der Waals surface area contributed by atoms with E-state index in [0.717, 1.165) is 77.1 Å². The molecule has 0 fully saturated rings. The van der Waals surface area contributed by atoms with Gasteiger partial charge >= 0.3 is 0 Å². The van der Waals surface area contributed by atoms with Crippen LogP contribution >= 0.6 is 0 Å². The van der Waals surface area contributed by atoms with E-state index in [-0.39, 0.29) is 0 Å². The summed E-state index contributed by atoms with van der Waals surface area (Å²) >= 11 is 0. The maximum absolute atomic E-state index is 6.63. The molecule has 0 aliphatic heterocycles. The number of aromatic nitrogens is 3. The highest BCUT2D eigenvalue weighted by atomic mass is 16.3. The van der Waals surface area contributed by atoms with Crippen LogP contribution in [0.25, 0.3) is 111 Å². The molecule has 11 aromatic rings. The molecule has 0 aliphatic carbocycles. The molecule has 0 spiro atoms. The zero-order valence-electron chi connectivity index (χ0n) is 28.9. The van der Waals surface area contributed by atoms with Crippen molar-refractivity contribution in [1.82, 2.24) is 15.0 Å². The van der Waals surface area contributed by atoms with Gasteiger partial charge in [0.25, 0.3) is 0 Å². The van der Waals surface area contributed by atoms with Gasteiger partial charge in [0.2, 0.25) is 0 Å². The Hall–Kier alpha value is -7.37. The van der Waals surface area contributed by atoms with Crippen molar-refractivity contribution in [2.24, 2.45) is 0 Å². The van der Waals surface area contributed by atoms with Crippen LogP contribution in [-0.4, -0.2) is 15.0 Å². The molecule has 54 heavy (non-hydrogen) atoms. The van der Waals surface area contributed by atoms with Crippen LogP contribution in [-0.2, 0) is 0 Å². The first kappa shape index (κ1) is 30.3. The lowest BCUT2D eigenvalue weighted by molar-refractivity contribution is 0.669. The molecule has 0 bridgehead atoms. The number of hydrogen-bond acceptors (Lipinski definition) is 5. The molecule has 252 valence electrons. The average Bonchev–Trinajstić information content (AvgIpc) is 3.81. The number of fused-ring (bicyclic) bond motifs is 8. The predicted molar refractivity (Wildman–Crippen MR) is 219 cm³/mol. The maximum atomic E-state index is 6.63. The molecule has 0 atom stereocenters. The SMILES string of the molecule is c1ccc(-c2nc(-c3ccc(-c4ccc5c(c4)oc4c6ccccc6c(-c6ccccc6)cc54)cc3)nc(-c3ccc4c(c3)oc3ccccc34)n2)cc1. The van der Waals surface area contributed by atoms with E-state index in [1.807, 2.05) is 54.6 Å². The van der Waals surface area contributed by atoms with Crippen LogP contribution in [0.15, 0.2) is 185 Å². The summed E-state index contributed by atoms with van der Waals surface area (Å²) in [6, 6.07) is 60.5. The van der Waals surface area contributed by atoms with Gasteiger partial charge in [-0.3, -0.25) is 0 Å². The molecule has 0 unspecified atom stereocenters. The molecule has 3 aromatic heterocycles. The molecule has 0 saturated carbocycles. The van der Waals surface area contributed by atoms with Crippen molar-refractivity contribution >= 4 is 54.6 Å². The van der Waals surface area contributed by atoms with Gasteiger partial charge < -0.3 is 8.83 Å². The molecule has 3 heterocycles. The lowest BCUT2D eigenvalue weighted by atomic mass is 9.95. The summed E-state index contributed by atoms with van der Waals surface area (Å²) in [7, 11) is 0. The second kappa shape index (κ2) is 12.1. The minimum atomic E-state index is 0.587. The molecule has 8 aromatic carbocycles. The van der Waals surface area contributed by atoms with E-state index in [2.05, 4.69) is 121 Å². The van der Waals surface area contributed by atoms with Crippen molar-refractivity contribution in [2.75, 3.05) is 0 Å². The van der Waals surface area contributed by atoms with E-state index in [9.17, 15) is 0 Å². The highest BCUT2D eigenvalue weighted by Gasteiger charge is 2.17. The number of hydrogen-bond donors (Lipinski definition) is 0. The van der Waals surface area contributed by atoms with Gasteiger partial charge in [-0.1, -0.05) is 140 Å². The first-order chi connectivity index (χ1) is 26.7. The quantitative estimate of drug-likeness (QED) is 0.180. The van der Waals surface area contributed by atoms with Gasteiger partial charge in [0.05, 0.1) is 0 Å². The fourth-order valence-electron chi connectivity index (χ4n) is 7.66. The van der Waals surface area contributed by atoms with E-state index in [0.29, 0.717) is 17.5 Å². The number of rotatable bonds is 5. The summed E-state index contributed by atoms with van der Waals surface area (Å²) in [5.41, 5.74) is 10.6. The fourth-order valence-corrected chi connectivity index (χ4v) is 7.66. The zero-order valence-corrected chi connectivity index (χ0v) is 28.9. The van der Waals surface area contributed by atoms with Gasteiger partial charge in [-0.2, -0.15) is 0 Å². The topological polar surface area (TPSA) is 65.0 Å². The van der Waals surface area contributed by atoms with Crippen molar-refractivity contribution < 1.29 is 8.83 Å². The monoisotopic (exact) mass is 691 g/mol. The van der Waals surface area contributed by atoms with Gasteiger partial charge in [-0.25, -0.2) is 15.0 Å². The first-order valence-corrected chi connectivity index (χ1v) is 18.0. The van der Waals surface area contributed by atoms with Gasteiger partial charge in [-0.05, 0) is 64.0 Å². The normalized spacial score (nSPS) is 11.7. The third-order valence-corrected chi connectivity index (χ3v) is 10.3. The summed E-state index contributed by atoms with van der Waals surface area (Å²) in [5.74, 6) is 1.80. The molecular weight excluding hydrogens is 663 g/mol. The van der Waals surface area contributed by atoms with Gasteiger partial charge in [0.1, 0.15) is 22.3 Å². The number of nitrogens with zero attached hydrogens (tertiary/aromatic N) is 3. The zero-order chi connectivity index (χ0) is 35.6. The molecule has 11 rings (SSSR count). The smallest absolute Gasteiger partial charge is 0.164 e. The van der Waals surface area contributed by atoms with Crippen LogP contribution in [0, 0.1) is 0 Å². The van der Waals surface area contributed by atoms with E-state index in [4.69, 9.17) is 23.8 Å². The Labute approximate surface area is 309 Å². The van der Waals surface area contributed by atoms with E-state index < -0.39 is 0 Å². The van der Waals surface area contributed by atoms with E-state index in [1.54, 1.807) is 0 Å². The maximum Gasteiger partial charge on any atom is 0.164 e. The minimum absolute atomic E-state index is 0.587. The van der Waals surface area contributed by atoms with Crippen molar-refractivity contribution in [1.29, 1.82) is 0 Å². The Balaban J connectivity index is 0.987. The summed E-state index contributed by atoms with van der Waals surface area (Å²) in [6.45, 7) is 0. The Morgan fingerprint density at radius 1 is 0.278 bits per heavy atom. The molecule has 5 nitrogen and oxygen atoms in total. The Kier molecular flexibility index (Phi) is 6.79. The predicted octanol–water partition coefficient (Wildman–Crippen LogP) is 13.2. The van der Waals surface area contributed by atoms with E-state index >= 15 is 0 Å². The lowest BCUT2D eigenvalue weighted by Crippen LogP contribution is -2.00. The van der Waals surface area contributed by atoms with Crippen molar-refractivity contribution in [2.45, 2.75) is 0 Å². The van der Waals surface area contributed by atoms with Crippen molar-refractivity contribution in [3.05, 3.63) is 176 Å².